The number of nitrogens with one attached hydrogen (secondary N) is 1. The van der Waals surface area contributed by atoms with Crippen LogP contribution < -0.4 is 4.74 Å². The first-order valence-corrected chi connectivity index (χ1v) is 11.0. The first kappa shape index (κ1) is 21.2. The molecular formula is C22H33N5O3. The number of morpholine rings is 1. The first-order chi connectivity index (χ1) is 14.7. The Hall–Kier alpha value is -2.00. The van der Waals surface area contributed by atoms with Gasteiger partial charge in [0, 0.05) is 32.1 Å². The second-order valence-electron chi connectivity index (χ2n) is 8.35. The number of benzene rings is 1. The number of aryl methyl sites for hydroxylation is 1. The predicted octanol–water partition coefficient (Wildman–Crippen LogP) is 1.56. The van der Waals surface area contributed by atoms with Crippen LogP contribution in [0.5, 0.6) is 5.75 Å². The minimum Gasteiger partial charge on any atom is -0.491 e. The highest BCUT2D eigenvalue weighted by atomic mass is 16.5. The van der Waals surface area contributed by atoms with Crippen LogP contribution in [-0.4, -0.2) is 88.7 Å². The summed E-state index contributed by atoms with van der Waals surface area (Å²) >= 11 is 0. The van der Waals surface area contributed by atoms with E-state index in [4.69, 9.17) is 9.47 Å². The van der Waals surface area contributed by atoms with Crippen molar-refractivity contribution in [3.05, 3.63) is 41.5 Å². The number of H-pyrrole nitrogens is 1. The summed E-state index contributed by atoms with van der Waals surface area (Å²) in [6.45, 7) is 9.19. The van der Waals surface area contributed by atoms with Crippen LogP contribution in [0, 0.1) is 6.92 Å². The fraction of sp³-hybridized carbons (Fsp3) is 0.636. The number of nitrogens with zero attached hydrogens (tertiary/aromatic N) is 4. The Morgan fingerprint density at radius 2 is 1.87 bits per heavy atom. The fourth-order valence-electron chi connectivity index (χ4n) is 4.17. The van der Waals surface area contributed by atoms with Gasteiger partial charge in [0.15, 0.2) is 5.82 Å². The van der Waals surface area contributed by atoms with Crippen molar-refractivity contribution in [1.82, 2.24) is 25.0 Å². The van der Waals surface area contributed by atoms with E-state index in [1.807, 2.05) is 19.1 Å². The average molecular weight is 416 g/mol. The number of hydrogen-bond donors (Lipinski definition) is 2. The first-order valence-electron chi connectivity index (χ1n) is 11.0. The van der Waals surface area contributed by atoms with Crippen LogP contribution >= 0.6 is 0 Å². The van der Waals surface area contributed by atoms with Gasteiger partial charge in [-0.15, -0.1) is 0 Å². The summed E-state index contributed by atoms with van der Waals surface area (Å²) in [5.74, 6) is 3.12. The number of hydrogen-bond acceptors (Lipinski definition) is 7. The molecule has 0 spiro atoms. The van der Waals surface area contributed by atoms with Gasteiger partial charge in [-0.05, 0) is 50.6 Å². The molecule has 1 atom stereocenters. The van der Waals surface area contributed by atoms with Crippen molar-refractivity contribution in [1.29, 1.82) is 0 Å². The molecule has 0 bridgehead atoms. The maximum atomic E-state index is 10.2. The molecule has 3 heterocycles. The van der Waals surface area contributed by atoms with E-state index in [1.165, 1.54) is 5.56 Å². The van der Waals surface area contributed by atoms with Gasteiger partial charge in [0.2, 0.25) is 0 Å². The zero-order valence-electron chi connectivity index (χ0n) is 17.8. The fourth-order valence-corrected chi connectivity index (χ4v) is 4.17. The third-order valence-corrected chi connectivity index (χ3v) is 5.91. The lowest BCUT2D eigenvalue weighted by molar-refractivity contribution is 0.00465. The molecule has 0 aliphatic carbocycles. The van der Waals surface area contributed by atoms with E-state index >= 15 is 0 Å². The molecule has 0 radical (unpaired) electrons. The third-order valence-electron chi connectivity index (χ3n) is 5.91. The number of ether oxygens (including phenoxy) is 2. The molecule has 4 rings (SSSR count). The Morgan fingerprint density at radius 3 is 2.53 bits per heavy atom. The van der Waals surface area contributed by atoms with E-state index in [1.54, 1.807) is 0 Å². The van der Waals surface area contributed by atoms with Crippen molar-refractivity contribution in [2.75, 3.05) is 52.5 Å². The minimum absolute atomic E-state index is 0.310. The Bertz CT molecular complexity index is 767. The summed E-state index contributed by atoms with van der Waals surface area (Å²) in [6, 6.07) is 8.24. The van der Waals surface area contributed by atoms with Crippen LogP contribution in [0.25, 0.3) is 0 Å². The van der Waals surface area contributed by atoms with E-state index < -0.39 is 6.10 Å². The van der Waals surface area contributed by atoms with Crippen molar-refractivity contribution in [3.63, 3.8) is 0 Å². The number of likely N-dealkylation sites (tertiary alicyclic amines) is 1. The summed E-state index contributed by atoms with van der Waals surface area (Å²) in [6.07, 6.45) is 1.70. The average Bonchev–Trinajstić information content (AvgIpc) is 3.21. The van der Waals surface area contributed by atoms with Gasteiger partial charge in [0.1, 0.15) is 24.3 Å². The van der Waals surface area contributed by atoms with Crippen molar-refractivity contribution >= 4 is 0 Å². The van der Waals surface area contributed by atoms with E-state index in [9.17, 15) is 5.11 Å². The summed E-state index contributed by atoms with van der Waals surface area (Å²) in [5, 5.41) is 17.5. The van der Waals surface area contributed by atoms with Gasteiger partial charge < -0.3 is 14.6 Å². The van der Waals surface area contributed by atoms with Crippen LogP contribution in [0.15, 0.2) is 24.3 Å². The largest absolute Gasteiger partial charge is 0.491 e. The van der Waals surface area contributed by atoms with Crippen LogP contribution in [0.4, 0.5) is 0 Å². The van der Waals surface area contributed by atoms with E-state index in [0.717, 1.165) is 76.2 Å². The van der Waals surface area contributed by atoms with Gasteiger partial charge in [-0.3, -0.25) is 14.9 Å². The van der Waals surface area contributed by atoms with Crippen LogP contribution in [0.2, 0.25) is 0 Å². The van der Waals surface area contributed by atoms with Crippen LogP contribution in [0.1, 0.15) is 36.0 Å². The van der Waals surface area contributed by atoms with Crippen molar-refractivity contribution in [3.8, 4) is 5.75 Å². The number of β-amino-alcohol motifs (C(OH)–C–C–N with tert-alkyl or cyclic N) is 1. The second-order valence-corrected chi connectivity index (χ2v) is 8.35. The third kappa shape index (κ3) is 6.01. The predicted molar refractivity (Wildman–Crippen MR) is 114 cm³/mol. The van der Waals surface area contributed by atoms with E-state index in [-0.39, 0.29) is 0 Å². The smallest absolute Gasteiger partial charge is 0.153 e. The zero-order chi connectivity index (χ0) is 20.8. The minimum atomic E-state index is -0.489. The number of aliphatic hydroxyl groups excluding tert-OH is 1. The highest BCUT2D eigenvalue weighted by molar-refractivity contribution is 5.27. The van der Waals surface area contributed by atoms with Crippen molar-refractivity contribution in [2.24, 2.45) is 0 Å². The molecule has 2 aromatic rings. The van der Waals surface area contributed by atoms with Gasteiger partial charge in [0.25, 0.3) is 0 Å². The molecule has 2 fully saturated rings. The van der Waals surface area contributed by atoms with Gasteiger partial charge in [0.05, 0.1) is 13.2 Å². The number of aromatic nitrogens is 3. The summed E-state index contributed by atoms with van der Waals surface area (Å²) in [7, 11) is 0. The van der Waals surface area contributed by atoms with Crippen LogP contribution in [0.3, 0.4) is 0 Å². The van der Waals surface area contributed by atoms with Gasteiger partial charge in [-0.1, -0.05) is 12.1 Å². The molecule has 2 aliphatic rings. The maximum Gasteiger partial charge on any atom is 0.153 e. The van der Waals surface area contributed by atoms with Gasteiger partial charge in [-0.2, -0.15) is 5.10 Å². The molecular weight excluding hydrogens is 382 g/mol. The highest BCUT2D eigenvalue weighted by Crippen LogP contribution is 2.26. The molecule has 2 aliphatic heterocycles. The van der Waals surface area contributed by atoms with Crippen molar-refractivity contribution < 1.29 is 14.6 Å². The van der Waals surface area contributed by atoms with Crippen LogP contribution in [-0.2, 0) is 11.3 Å². The Morgan fingerprint density at radius 1 is 1.13 bits per heavy atom. The van der Waals surface area contributed by atoms with E-state index in [0.29, 0.717) is 19.1 Å². The topological polar surface area (TPSA) is 86.7 Å². The molecule has 8 heteroatoms. The Labute approximate surface area is 178 Å². The SMILES string of the molecule is Cc1nc(C2CCN(Cc3ccc(OCC(O)CN4CCOCC4)cc3)CC2)n[nH]1. The molecule has 8 nitrogen and oxygen atoms in total. The highest BCUT2D eigenvalue weighted by Gasteiger charge is 2.23. The van der Waals surface area contributed by atoms with Gasteiger partial charge >= 0.3 is 0 Å². The molecule has 0 saturated carbocycles. The molecule has 30 heavy (non-hydrogen) atoms. The normalized spacial score (nSPS) is 20.3. The summed E-state index contributed by atoms with van der Waals surface area (Å²) < 4.78 is 11.1. The standard InChI is InChI=1S/C22H33N5O3/c1-17-23-22(25-24-17)19-6-8-26(9-7-19)14-18-2-4-21(5-3-18)30-16-20(28)15-27-10-12-29-13-11-27/h2-5,19-20,28H,6-16H2,1H3,(H,23,24,25). The zero-order valence-corrected chi connectivity index (χ0v) is 17.8. The molecule has 164 valence electrons. The lowest BCUT2D eigenvalue weighted by atomic mass is 9.96. The van der Waals surface area contributed by atoms with Crippen molar-refractivity contribution in [2.45, 2.75) is 38.3 Å². The lowest BCUT2D eigenvalue weighted by Gasteiger charge is -2.30. The molecule has 1 aromatic heterocycles. The monoisotopic (exact) mass is 415 g/mol. The van der Waals surface area contributed by atoms with E-state index in [2.05, 4.69) is 37.1 Å². The molecule has 1 aromatic carbocycles. The van der Waals surface area contributed by atoms with Gasteiger partial charge in [-0.25, -0.2) is 4.98 Å². The molecule has 0 amide bonds. The summed E-state index contributed by atoms with van der Waals surface area (Å²) in [5.41, 5.74) is 1.28. The number of piperidine rings is 1. The number of rotatable bonds is 8. The Kier molecular flexibility index (Phi) is 7.33. The molecule has 2 N–H and O–H groups in total. The number of aromatic amines is 1. The lowest BCUT2D eigenvalue weighted by Crippen LogP contribution is -2.42. The Balaban J connectivity index is 1.17. The quantitative estimate of drug-likeness (QED) is 0.677. The number of aliphatic hydroxyl groups is 1. The molecule has 2 saturated heterocycles. The second kappa shape index (κ2) is 10.3. The summed E-state index contributed by atoms with van der Waals surface area (Å²) in [4.78, 5) is 9.19. The molecule has 1 unspecified atom stereocenters. The maximum absolute atomic E-state index is 10.2.